The SMILES string of the molecule is O=C(O)[C@@H](O)c1cc(F)cc([N+](=O)[O-])c1F. The van der Waals surface area contributed by atoms with Crippen LogP contribution < -0.4 is 0 Å². The lowest BCUT2D eigenvalue weighted by atomic mass is 10.1. The minimum Gasteiger partial charge on any atom is -0.479 e. The van der Waals surface area contributed by atoms with Gasteiger partial charge in [-0.1, -0.05) is 0 Å². The molecule has 1 aromatic carbocycles. The van der Waals surface area contributed by atoms with Crippen molar-refractivity contribution in [2.24, 2.45) is 0 Å². The summed E-state index contributed by atoms with van der Waals surface area (Å²) in [7, 11) is 0. The number of carbonyl (C=O) groups is 1. The zero-order valence-electron chi connectivity index (χ0n) is 7.55. The van der Waals surface area contributed by atoms with Gasteiger partial charge in [-0.3, -0.25) is 10.1 Å². The van der Waals surface area contributed by atoms with Gasteiger partial charge in [0.05, 0.1) is 11.0 Å². The van der Waals surface area contributed by atoms with Gasteiger partial charge in [0.1, 0.15) is 5.82 Å². The maximum Gasteiger partial charge on any atom is 0.337 e. The van der Waals surface area contributed by atoms with E-state index in [1.165, 1.54) is 0 Å². The van der Waals surface area contributed by atoms with Crippen LogP contribution in [0.3, 0.4) is 0 Å². The highest BCUT2D eigenvalue weighted by Gasteiger charge is 2.27. The summed E-state index contributed by atoms with van der Waals surface area (Å²) in [5, 5.41) is 27.6. The van der Waals surface area contributed by atoms with Crippen molar-refractivity contribution in [3.05, 3.63) is 39.4 Å². The number of benzene rings is 1. The van der Waals surface area contributed by atoms with Gasteiger partial charge in [0.2, 0.25) is 5.82 Å². The molecule has 0 saturated heterocycles. The molecule has 16 heavy (non-hydrogen) atoms. The molecule has 8 heteroatoms. The monoisotopic (exact) mass is 233 g/mol. The van der Waals surface area contributed by atoms with Crippen molar-refractivity contribution in [1.29, 1.82) is 0 Å². The Bertz CT molecular complexity index is 462. The molecule has 0 spiro atoms. The third-order valence-corrected chi connectivity index (χ3v) is 1.77. The van der Waals surface area contributed by atoms with Crippen molar-refractivity contribution < 1.29 is 28.7 Å². The van der Waals surface area contributed by atoms with Gasteiger partial charge in [-0.15, -0.1) is 0 Å². The normalized spacial score (nSPS) is 12.2. The molecule has 0 aliphatic rings. The van der Waals surface area contributed by atoms with Crippen molar-refractivity contribution in [1.82, 2.24) is 0 Å². The number of carboxylic acid groups (broad SMARTS) is 1. The number of aliphatic hydroxyl groups is 1. The highest BCUT2D eigenvalue weighted by atomic mass is 19.1. The highest BCUT2D eigenvalue weighted by Crippen LogP contribution is 2.26. The first-order valence-corrected chi connectivity index (χ1v) is 3.88. The number of hydrogen-bond acceptors (Lipinski definition) is 4. The van der Waals surface area contributed by atoms with E-state index in [1.807, 2.05) is 0 Å². The first-order valence-electron chi connectivity index (χ1n) is 3.88. The van der Waals surface area contributed by atoms with Gasteiger partial charge in [0.15, 0.2) is 6.10 Å². The Morgan fingerprint density at radius 2 is 2.00 bits per heavy atom. The second-order valence-electron chi connectivity index (χ2n) is 2.83. The molecule has 0 aromatic heterocycles. The Morgan fingerprint density at radius 3 is 2.44 bits per heavy atom. The Labute approximate surface area is 86.9 Å². The number of hydrogen-bond donors (Lipinski definition) is 2. The summed E-state index contributed by atoms with van der Waals surface area (Å²) in [6.07, 6.45) is -2.35. The van der Waals surface area contributed by atoms with Gasteiger partial charge in [-0.25, -0.2) is 9.18 Å². The van der Waals surface area contributed by atoms with E-state index in [9.17, 15) is 23.7 Å². The number of nitro benzene ring substituents is 1. The first kappa shape index (κ1) is 12.0. The predicted octanol–water partition coefficient (Wildman–Crippen LogP) is 0.991. The smallest absolute Gasteiger partial charge is 0.337 e. The van der Waals surface area contributed by atoms with Crippen LogP contribution in [0.25, 0.3) is 0 Å². The first-order chi connectivity index (χ1) is 7.34. The second kappa shape index (κ2) is 4.19. The van der Waals surface area contributed by atoms with Crippen LogP contribution in [0.2, 0.25) is 0 Å². The van der Waals surface area contributed by atoms with Crippen LogP contribution in [0.15, 0.2) is 12.1 Å². The number of aliphatic carboxylic acids is 1. The number of carboxylic acids is 1. The van der Waals surface area contributed by atoms with Crippen LogP contribution in [0.5, 0.6) is 0 Å². The molecular formula is C8H5F2NO5. The minimum atomic E-state index is -2.35. The van der Waals surface area contributed by atoms with Crippen LogP contribution in [0, 0.1) is 21.7 Å². The third-order valence-electron chi connectivity index (χ3n) is 1.77. The minimum absolute atomic E-state index is 0.299. The van der Waals surface area contributed by atoms with E-state index in [0.717, 1.165) is 0 Å². The summed E-state index contributed by atoms with van der Waals surface area (Å²) < 4.78 is 26.1. The Hall–Kier alpha value is -2.09. The Morgan fingerprint density at radius 1 is 1.44 bits per heavy atom. The third kappa shape index (κ3) is 2.11. The van der Waals surface area contributed by atoms with Crippen LogP contribution in [0.1, 0.15) is 11.7 Å². The number of aliphatic hydroxyl groups excluding tert-OH is 1. The molecule has 0 heterocycles. The molecule has 0 aliphatic heterocycles. The fourth-order valence-electron chi connectivity index (χ4n) is 1.06. The lowest BCUT2D eigenvalue weighted by molar-refractivity contribution is -0.387. The molecule has 1 atom stereocenters. The van der Waals surface area contributed by atoms with Crippen molar-refractivity contribution in [2.75, 3.05) is 0 Å². The van der Waals surface area contributed by atoms with Crippen molar-refractivity contribution in [3.63, 3.8) is 0 Å². The summed E-state index contributed by atoms with van der Waals surface area (Å²) in [4.78, 5) is 19.4. The summed E-state index contributed by atoms with van der Waals surface area (Å²) in [6.45, 7) is 0. The number of nitro groups is 1. The highest BCUT2D eigenvalue weighted by molar-refractivity contribution is 5.74. The number of halogens is 2. The molecule has 0 radical (unpaired) electrons. The summed E-state index contributed by atoms with van der Waals surface area (Å²) in [5.74, 6) is -4.61. The van der Waals surface area contributed by atoms with E-state index in [4.69, 9.17) is 10.2 Å². The van der Waals surface area contributed by atoms with E-state index in [2.05, 4.69) is 0 Å². The van der Waals surface area contributed by atoms with Crippen molar-refractivity contribution in [3.8, 4) is 0 Å². The standard InChI is InChI=1S/C8H5F2NO5/c9-3-1-4(7(12)8(13)14)6(10)5(2-3)11(15)16/h1-2,7,12H,(H,13,14)/t7-/m0/s1. The van der Waals surface area contributed by atoms with Gasteiger partial charge in [-0.05, 0) is 6.07 Å². The molecule has 1 aromatic rings. The average molecular weight is 233 g/mol. The van der Waals surface area contributed by atoms with Gasteiger partial charge in [-0.2, -0.15) is 4.39 Å². The van der Waals surface area contributed by atoms with E-state index in [-0.39, 0.29) is 0 Å². The summed E-state index contributed by atoms with van der Waals surface area (Å²) >= 11 is 0. The Kier molecular flexibility index (Phi) is 3.14. The lowest BCUT2D eigenvalue weighted by Gasteiger charge is -2.07. The zero-order chi connectivity index (χ0) is 12.5. The van der Waals surface area contributed by atoms with Crippen LogP contribution in [-0.4, -0.2) is 21.1 Å². The summed E-state index contributed by atoms with van der Waals surface area (Å²) in [6, 6.07) is 0.689. The van der Waals surface area contributed by atoms with E-state index in [1.54, 1.807) is 0 Å². The molecule has 86 valence electrons. The lowest BCUT2D eigenvalue weighted by Crippen LogP contribution is -2.13. The molecule has 2 N–H and O–H groups in total. The van der Waals surface area contributed by atoms with E-state index < -0.39 is 39.9 Å². The predicted molar refractivity (Wildman–Crippen MR) is 45.6 cm³/mol. The summed E-state index contributed by atoms with van der Waals surface area (Å²) in [5.41, 5.74) is -2.21. The van der Waals surface area contributed by atoms with E-state index >= 15 is 0 Å². The molecule has 1 rings (SSSR count). The fourth-order valence-corrected chi connectivity index (χ4v) is 1.06. The zero-order valence-corrected chi connectivity index (χ0v) is 7.55. The largest absolute Gasteiger partial charge is 0.479 e. The van der Waals surface area contributed by atoms with Crippen molar-refractivity contribution in [2.45, 2.75) is 6.10 Å². The topological polar surface area (TPSA) is 101 Å². The molecular weight excluding hydrogens is 228 g/mol. The quantitative estimate of drug-likeness (QED) is 0.598. The van der Waals surface area contributed by atoms with Gasteiger partial charge in [0, 0.05) is 5.56 Å². The average Bonchev–Trinajstić information content (AvgIpc) is 2.19. The van der Waals surface area contributed by atoms with Gasteiger partial charge in [0.25, 0.3) is 0 Å². The van der Waals surface area contributed by atoms with Crippen molar-refractivity contribution >= 4 is 11.7 Å². The molecule has 6 nitrogen and oxygen atoms in total. The molecule has 0 unspecified atom stereocenters. The van der Waals surface area contributed by atoms with Crippen LogP contribution >= 0.6 is 0 Å². The fraction of sp³-hybridized carbons (Fsp3) is 0.125. The molecule has 0 saturated carbocycles. The maximum absolute atomic E-state index is 13.3. The van der Waals surface area contributed by atoms with Gasteiger partial charge < -0.3 is 10.2 Å². The number of rotatable bonds is 3. The van der Waals surface area contributed by atoms with Crippen LogP contribution in [-0.2, 0) is 4.79 Å². The molecule has 0 bridgehead atoms. The molecule has 0 amide bonds. The Balaban J connectivity index is 3.40. The van der Waals surface area contributed by atoms with E-state index in [0.29, 0.717) is 12.1 Å². The van der Waals surface area contributed by atoms with Crippen LogP contribution in [0.4, 0.5) is 14.5 Å². The number of nitrogens with zero attached hydrogens (tertiary/aromatic N) is 1. The van der Waals surface area contributed by atoms with Gasteiger partial charge >= 0.3 is 11.7 Å². The maximum atomic E-state index is 13.3. The molecule has 0 aliphatic carbocycles. The second-order valence-corrected chi connectivity index (χ2v) is 2.83. The molecule has 0 fully saturated rings.